The maximum absolute atomic E-state index is 13.7. The molecule has 3 N–H and O–H groups in total. The number of anilines is 1. The monoisotopic (exact) mass is 628 g/mol. The summed E-state index contributed by atoms with van der Waals surface area (Å²) in [6.07, 6.45) is 3.88. The van der Waals surface area contributed by atoms with Crippen LogP contribution in [0.1, 0.15) is 63.3 Å². The van der Waals surface area contributed by atoms with Gasteiger partial charge in [0.15, 0.2) is 5.79 Å². The van der Waals surface area contributed by atoms with Gasteiger partial charge in [-0.1, -0.05) is 56.3 Å². The van der Waals surface area contributed by atoms with Gasteiger partial charge in [-0.15, -0.1) is 0 Å². The molecule has 1 aromatic heterocycles. The highest BCUT2D eigenvalue weighted by Crippen LogP contribution is 2.33. The Balaban J connectivity index is 0.000000572. The fourth-order valence-electron chi connectivity index (χ4n) is 4.60. The molecule has 1 aliphatic rings. The van der Waals surface area contributed by atoms with Gasteiger partial charge in [0.25, 0.3) is 0 Å². The van der Waals surface area contributed by atoms with E-state index in [0.29, 0.717) is 35.5 Å². The van der Waals surface area contributed by atoms with Crippen LogP contribution in [0.3, 0.4) is 0 Å². The lowest BCUT2D eigenvalue weighted by molar-refractivity contribution is -0.290. The topological polar surface area (TPSA) is 145 Å². The smallest absolute Gasteiger partial charge is 0.305 e. The van der Waals surface area contributed by atoms with Gasteiger partial charge in [-0.3, -0.25) is 4.79 Å². The van der Waals surface area contributed by atoms with Crippen LogP contribution in [0.2, 0.25) is 0 Å². The van der Waals surface area contributed by atoms with E-state index >= 15 is 0 Å². The van der Waals surface area contributed by atoms with Crippen molar-refractivity contribution in [2.24, 2.45) is 5.73 Å². The molecule has 0 aliphatic carbocycles. The number of halogens is 1. The van der Waals surface area contributed by atoms with Crippen molar-refractivity contribution in [2.45, 2.75) is 71.0 Å². The first kappa shape index (κ1) is 34.8. The molecule has 4 rings (SSSR count). The molecule has 0 amide bonds. The fraction of sp³-hybridized carbons (Fsp3) is 0.406. The summed E-state index contributed by atoms with van der Waals surface area (Å²) in [5.41, 5.74) is 8.78. The van der Waals surface area contributed by atoms with Crippen molar-refractivity contribution in [3.8, 4) is 11.3 Å². The number of nitrogens with zero attached hydrogens (tertiary/aromatic N) is 3. The number of carboxylic acids is 1. The van der Waals surface area contributed by atoms with Crippen LogP contribution in [0.25, 0.3) is 17.3 Å². The van der Waals surface area contributed by atoms with E-state index in [4.69, 9.17) is 15.2 Å². The second-order valence-corrected chi connectivity index (χ2v) is 13.3. The minimum absolute atomic E-state index is 0.00245. The molecule has 44 heavy (non-hydrogen) atoms. The summed E-state index contributed by atoms with van der Waals surface area (Å²) in [5.74, 6) is -2.45. The summed E-state index contributed by atoms with van der Waals surface area (Å²) in [4.78, 5) is 20.3. The van der Waals surface area contributed by atoms with Crippen LogP contribution >= 0.6 is 0 Å². The summed E-state index contributed by atoms with van der Waals surface area (Å²) in [7, 11) is -2.25. The van der Waals surface area contributed by atoms with Crippen molar-refractivity contribution < 1.29 is 32.2 Å². The number of benzene rings is 2. The van der Waals surface area contributed by atoms with Gasteiger partial charge in [0.2, 0.25) is 16.0 Å². The first-order valence-corrected chi connectivity index (χ1v) is 16.1. The lowest BCUT2D eigenvalue weighted by atomic mass is 9.97. The molecule has 12 heteroatoms. The lowest BCUT2D eigenvalue weighted by Gasteiger charge is -2.39. The number of nitrogens with two attached hydrogens (primary N) is 1. The number of sulfonamides is 1. The Morgan fingerprint density at radius 2 is 1.77 bits per heavy atom. The van der Waals surface area contributed by atoms with Crippen molar-refractivity contribution in [3.63, 3.8) is 0 Å². The first-order valence-electron chi connectivity index (χ1n) is 14.2. The molecular formula is C32H41FN4O6S. The van der Waals surface area contributed by atoms with Crippen LogP contribution in [0.15, 0.2) is 60.7 Å². The summed E-state index contributed by atoms with van der Waals surface area (Å²) in [6.45, 7) is 7.94. The van der Waals surface area contributed by atoms with Crippen molar-refractivity contribution in [1.82, 2.24) is 9.97 Å². The molecule has 1 fully saturated rings. The van der Waals surface area contributed by atoms with Gasteiger partial charge in [-0.2, -0.15) is 0 Å². The van der Waals surface area contributed by atoms with E-state index in [1.165, 1.54) is 24.7 Å². The predicted octanol–water partition coefficient (Wildman–Crippen LogP) is 5.35. The van der Waals surface area contributed by atoms with Crippen LogP contribution in [0.5, 0.6) is 0 Å². The van der Waals surface area contributed by atoms with Crippen LogP contribution in [0, 0.1) is 5.82 Å². The Morgan fingerprint density at radius 3 is 2.30 bits per heavy atom. The average molecular weight is 629 g/mol. The Morgan fingerprint density at radius 1 is 1.14 bits per heavy atom. The van der Waals surface area contributed by atoms with Gasteiger partial charge in [-0.25, -0.2) is 27.1 Å². The first-order chi connectivity index (χ1) is 20.6. The summed E-state index contributed by atoms with van der Waals surface area (Å²) in [6, 6.07) is 15.7. The molecule has 0 saturated carbocycles. The molecule has 0 unspecified atom stereocenters. The molecule has 2 aromatic carbocycles. The third-order valence-corrected chi connectivity index (χ3v) is 7.90. The van der Waals surface area contributed by atoms with Crippen LogP contribution in [-0.2, 0) is 30.8 Å². The van der Waals surface area contributed by atoms with Gasteiger partial charge in [0, 0.05) is 31.1 Å². The Labute approximate surface area is 258 Å². The minimum atomic E-state index is -3.63. The van der Waals surface area contributed by atoms with Crippen LogP contribution in [-0.4, -0.2) is 60.8 Å². The molecule has 0 radical (unpaired) electrons. The summed E-state index contributed by atoms with van der Waals surface area (Å²) >= 11 is 0. The maximum Gasteiger partial charge on any atom is 0.305 e. The highest BCUT2D eigenvalue weighted by atomic mass is 32.2. The summed E-state index contributed by atoms with van der Waals surface area (Å²) in [5, 5.41) is 9.21. The zero-order chi connectivity index (χ0) is 32.7. The SMILES string of the molecule is CC(C)c1nc(N(C)S(C)(=O)=O)nc(-c2ccc(F)cc2)c1C=C[C@@H]1C[C@H](CC(=O)O)OC(C)(C)O1.NCc1ccccc1. The second-order valence-electron chi connectivity index (χ2n) is 11.2. The molecule has 1 saturated heterocycles. The molecule has 10 nitrogen and oxygen atoms in total. The second kappa shape index (κ2) is 14.8. The van der Waals surface area contributed by atoms with Crippen LogP contribution in [0.4, 0.5) is 10.3 Å². The predicted molar refractivity (Wildman–Crippen MR) is 169 cm³/mol. The van der Waals surface area contributed by atoms with E-state index in [1.54, 1.807) is 38.1 Å². The number of aromatic nitrogens is 2. The molecule has 3 aromatic rings. The van der Waals surface area contributed by atoms with Gasteiger partial charge in [0.1, 0.15) is 5.82 Å². The number of hydrogen-bond acceptors (Lipinski definition) is 8. The highest BCUT2D eigenvalue weighted by molar-refractivity contribution is 7.92. The standard InChI is InChI=1S/C25H32FN3O6S.C7H9N/c1-15(2)22-20(12-11-18-13-19(14-21(30)31)35-25(3,4)34-18)23(16-7-9-17(26)10-8-16)28-24(27-22)29(5)36(6,32)33;8-6-7-4-2-1-3-5-7/h7-12,15,18-19H,13-14H2,1-6H3,(H,30,31);1-5H,6,8H2/t18-,19-;/m1./s1. The number of carbonyl (C=O) groups is 1. The maximum atomic E-state index is 13.7. The van der Waals surface area contributed by atoms with Crippen molar-refractivity contribution in [3.05, 3.63) is 83.3 Å². The summed E-state index contributed by atoms with van der Waals surface area (Å²) < 4.78 is 50.8. The number of carboxylic acid groups (broad SMARTS) is 1. The fourth-order valence-corrected chi connectivity index (χ4v) is 4.98. The van der Waals surface area contributed by atoms with Crippen molar-refractivity contribution in [1.29, 1.82) is 0 Å². The third-order valence-electron chi connectivity index (χ3n) is 6.75. The van der Waals surface area contributed by atoms with Crippen LogP contribution < -0.4 is 10.0 Å². The molecule has 0 bridgehead atoms. The number of aliphatic carboxylic acids is 1. The van der Waals surface area contributed by atoms with Gasteiger partial charge < -0.3 is 20.3 Å². The molecule has 0 spiro atoms. The minimum Gasteiger partial charge on any atom is -0.481 e. The largest absolute Gasteiger partial charge is 0.481 e. The van der Waals surface area contributed by atoms with E-state index in [1.807, 2.05) is 44.2 Å². The van der Waals surface area contributed by atoms with Crippen molar-refractivity contribution in [2.75, 3.05) is 17.6 Å². The number of rotatable bonds is 9. The Bertz CT molecular complexity index is 1550. The van der Waals surface area contributed by atoms with E-state index < -0.39 is 39.8 Å². The number of ether oxygens (including phenoxy) is 2. The quantitative estimate of drug-likeness (QED) is 0.321. The third kappa shape index (κ3) is 9.91. The normalized spacial score (nSPS) is 18.1. The van der Waals surface area contributed by atoms with E-state index in [2.05, 4.69) is 9.97 Å². The average Bonchev–Trinajstić information content (AvgIpc) is 2.94. The zero-order valence-electron chi connectivity index (χ0n) is 25.9. The van der Waals surface area contributed by atoms with Gasteiger partial charge in [0.05, 0.1) is 36.3 Å². The van der Waals surface area contributed by atoms with Gasteiger partial charge >= 0.3 is 5.97 Å². The molecule has 2 atom stereocenters. The van der Waals surface area contributed by atoms with Gasteiger partial charge in [-0.05, 0) is 49.6 Å². The molecule has 1 aliphatic heterocycles. The molecular weight excluding hydrogens is 587 g/mol. The van der Waals surface area contributed by atoms with E-state index in [0.717, 1.165) is 10.6 Å². The number of hydrogen-bond donors (Lipinski definition) is 2. The highest BCUT2D eigenvalue weighted by Gasteiger charge is 2.35. The van der Waals surface area contributed by atoms with E-state index in [-0.39, 0.29) is 18.3 Å². The van der Waals surface area contributed by atoms with E-state index in [9.17, 15) is 22.7 Å². The zero-order valence-corrected chi connectivity index (χ0v) is 26.7. The molecule has 238 valence electrons. The Kier molecular flexibility index (Phi) is 11.7. The van der Waals surface area contributed by atoms with Crippen molar-refractivity contribution >= 4 is 28.0 Å². The molecule has 2 heterocycles. The Hall–Kier alpha value is -3.71. The lowest BCUT2D eigenvalue weighted by Crippen LogP contribution is -2.44.